The van der Waals surface area contributed by atoms with Crippen LogP contribution in [-0.2, 0) is 0 Å². The van der Waals surface area contributed by atoms with E-state index in [4.69, 9.17) is 5.10 Å². The number of nitrogens with one attached hydrogen (secondary N) is 1. The first-order valence-corrected chi connectivity index (χ1v) is 8.41. The first-order chi connectivity index (χ1) is 12.5. The van der Waals surface area contributed by atoms with Gasteiger partial charge in [0, 0.05) is 11.5 Å². The summed E-state index contributed by atoms with van der Waals surface area (Å²) in [7, 11) is 0. The molecule has 136 valence electrons. The molecule has 1 aromatic carbocycles. The number of fused-ring (bicyclic) bond motifs is 1. The highest BCUT2D eigenvalue weighted by Gasteiger charge is 2.31. The van der Waals surface area contributed by atoms with Gasteiger partial charge in [-0.3, -0.25) is 0 Å². The average Bonchev–Trinajstić information content (AvgIpc) is 3.04. The first-order valence-electron chi connectivity index (χ1n) is 8.41. The van der Waals surface area contributed by atoms with Gasteiger partial charge in [-0.15, -0.1) is 13.2 Å². The van der Waals surface area contributed by atoms with Crippen LogP contribution in [0.5, 0.6) is 5.75 Å². The lowest BCUT2D eigenvalue weighted by Gasteiger charge is -2.22. The summed E-state index contributed by atoms with van der Waals surface area (Å²) in [4.78, 5) is 4.31. The van der Waals surface area contributed by atoms with Gasteiger partial charge < -0.3 is 10.1 Å². The molecule has 26 heavy (non-hydrogen) atoms. The van der Waals surface area contributed by atoms with E-state index < -0.39 is 6.36 Å². The van der Waals surface area contributed by atoms with E-state index in [1.165, 1.54) is 18.2 Å². The summed E-state index contributed by atoms with van der Waals surface area (Å²) in [5.74, 6) is 0.107. The van der Waals surface area contributed by atoms with Crippen LogP contribution in [0.15, 0.2) is 42.6 Å². The van der Waals surface area contributed by atoms with E-state index in [0.717, 1.165) is 31.6 Å². The molecular weight excluding hydrogens is 345 g/mol. The van der Waals surface area contributed by atoms with Gasteiger partial charge in [0.2, 0.25) is 0 Å². The third-order valence-corrected chi connectivity index (χ3v) is 4.50. The van der Waals surface area contributed by atoms with E-state index in [9.17, 15) is 13.2 Å². The zero-order valence-electron chi connectivity index (χ0n) is 13.8. The van der Waals surface area contributed by atoms with Crippen LogP contribution < -0.4 is 10.1 Å². The van der Waals surface area contributed by atoms with Gasteiger partial charge in [-0.1, -0.05) is 12.1 Å². The fourth-order valence-corrected chi connectivity index (χ4v) is 3.27. The maximum atomic E-state index is 12.5. The third kappa shape index (κ3) is 3.50. The van der Waals surface area contributed by atoms with E-state index in [1.54, 1.807) is 16.8 Å². The third-order valence-electron chi connectivity index (χ3n) is 4.50. The molecule has 0 spiro atoms. The molecule has 8 heteroatoms. The minimum absolute atomic E-state index is 0.264. The van der Waals surface area contributed by atoms with Crippen molar-refractivity contribution in [2.75, 3.05) is 13.1 Å². The SMILES string of the molecule is FC(F)(F)Oc1cccc(-c2cnc3ccc(C4CCNCC4)nn23)c1. The van der Waals surface area contributed by atoms with Crippen molar-refractivity contribution >= 4 is 5.65 Å². The van der Waals surface area contributed by atoms with Crippen molar-refractivity contribution in [1.29, 1.82) is 0 Å². The molecule has 1 fully saturated rings. The van der Waals surface area contributed by atoms with Crippen LogP contribution in [0, 0.1) is 0 Å². The number of aromatic nitrogens is 3. The second-order valence-electron chi connectivity index (χ2n) is 6.27. The summed E-state index contributed by atoms with van der Waals surface area (Å²) >= 11 is 0. The zero-order valence-corrected chi connectivity index (χ0v) is 13.8. The molecule has 3 heterocycles. The molecule has 0 bridgehead atoms. The van der Waals surface area contributed by atoms with Crippen LogP contribution in [0.4, 0.5) is 13.2 Å². The van der Waals surface area contributed by atoms with Crippen LogP contribution in [0.1, 0.15) is 24.5 Å². The largest absolute Gasteiger partial charge is 0.573 e. The Bertz CT molecular complexity index is 916. The highest BCUT2D eigenvalue weighted by atomic mass is 19.4. The second-order valence-corrected chi connectivity index (χ2v) is 6.27. The molecule has 0 aliphatic carbocycles. The number of nitrogens with zero attached hydrogens (tertiary/aromatic N) is 3. The molecule has 1 aliphatic rings. The Morgan fingerprint density at radius 2 is 1.92 bits per heavy atom. The number of piperidine rings is 1. The van der Waals surface area contributed by atoms with Crippen molar-refractivity contribution in [3.63, 3.8) is 0 Å². The maximum absolute atomic E-state index is 12.5. The number of hydrogen-bond donors (Lipinski definition) is 1. The quantitative estimate of drug-likeness (QED) is 0.771. The number of rotatable bonds is 3. The molecule has 1 N–H and O–H groups in total. The van der Waals surface area contributed by atoms with Crippen LogP contribution >= 0.6 is 0 Å². The van der Waals surface area contributed by atoms with Crippen LogP contribution in [0.25, 0.3) is 16.9 Å². The van der Waals surface area contributed by atoms with Crippen molar-refractivity contribution < 1.29 is 17.9 Å². The zero-order chi connectivity index (χ0) is 18.1. The van der Waals surface area contributed by atoms with Gasteiger partial charge in [0.1, 0.15) is 5.75 Å². The summed E-state index contributed by atoms with van der Waals surface area (Å²) in [6, 6.07) is 9.72. The Hall–Kier alpha value is -2.61. The molecule has 0 saturated carbocycles. The fraction of sp³-hybridized carbons (Fsp3) is 0.333. The van der Waals surface area contributed by atoms with Crippen molar-refractivity contribution in [2.24, 2.45) is 0 Å². The minimum Gasteiger partial charge on any atom is -0.406 e. The highest BCUT2D eigenvalue weighted by molar-refractivity contribution is 5.64. The molecule has 3 aromatic rings. The summed E-state index contributed by atoms with van der Waals surface area (Å²) in [5.41, 5.74) is 2.82. The number of imidazole rings is 1. The molecule has 1 aliphatic heterocycles. The van der Waals surface area contributed by atoms with Gasteiger partial charge in [-0.2, -0.15) is 5.10 Å². The topological polar surface area (TPSA) is 51.5 Å². The monoisotopic (exact) mass is 362 g/mol. The van der Waals surface area contributed by atoms with E-state index in [-0.39, 0.29) is 5.75 Å². The minimum atomic E-state index is -4.72. The lowest BCUT2D eigenvalue weighted by atomic mass is 9.94. The number of hydrogen-bond acceptors (Lipinski definition) is 4. The summed E-state index contributed by atoms with van der Waals surface area (Å²) in [6.45, 7) is 1.91. The molecule has 0 amide bonds. The van der Waals surface area contributed by atoms with Crippen molar-refractivity contribution in [1.82, 2.24) is 19.9 Å². The lowest BCUT2D eigenvalue weighted by Crippen LogP contribution is -2.27. The van der Waals surface area contributed by atoms with Gasteiger partial charge in [-0.25, -0.2) is 9.50 Å². The van der Waals surface area contributed by atoms with Crippen molar-refractivity contribution in [2.45, 2.75) is 25.1 Å². The Balaban J connectivity index is 1.71. The van der Waals surface area contributed by atoms with Crippen molar-refractivity contribution in [3.8, 4) is 17.0 Å². The van der Waals surface area contributed by atoms with Gasteiger partial charge in [0.25, 0.3) is 0 Å². The summed E-state index contributed by atoms with van der Waals surface area (Å²) < 4.78 is 43.1. The Morgan fingerprint density at radius 3 is 2.69 bits per heavy atom. The van der Waals surface area contributed by atoms with Gasteiger partial charge >= 0.3 is 6.36 Å². The van der Waals surface area contributed by atoms with Gasteiger partial charge in [0.15, 0.2) is 5.65 Å². The smallest absolute Gasteiger partial charge is 0.406 e. The second kappa shape index (κ2) is 6.60. The number of halogens is 3. The number of benzene rings is 1. The van der Waals surface area contributed by atoms with Crippen LogP contribution in [0.3, 0.4) is 0 Å². The number of alkyl halides is 3. The highest BCUT2D eigenvalue weighted by Crippen LogP contribution is 2.29. The predicted octanol–water partition coefficient (Wildman–Crippen LogP) is 3.76. The molecule has 0 radical (unpaired) electrons. The standard InChI is InChI=1S/C18H17F3N4O/c19-18(20,21)26-14-3-1-2-13(10-14)16-11-23-17-5-4-15(24-25(16)17)12-6-8-22-9-7-12/h1-5,10-12,22H,6-9H2. The van der Waals surface area contributed by atoms with Crippen LogP contribution in [-0.4, -0.2) is 34.0 Å². The van der Waals surface area contributed by atoms with E-state index in [0.29, 0.717) is 22.8 Å². The Morgan fingerprint density at radius 1 is 1.12 bits per heavy atom. The average molecular weight is 362 g/mol. The fourth-order valence-electron chi connectivity index (χ4n) is 3.27. The van der Waals surface area contributed by atoms with Crippen LogP contribution in [0.2, 0.25) is 0 Å². The maximum Gasteiger partial charge on any atom is 0.573 e. The van der Waals surface area contributed by atoms with Gasteiger partial charge in [-0.05, 0) is 50.2 Å². The summed E-state index contributed by atoms with van der Waals surface area (Å²) in [5, 5.41) is 8.03. The van der Waals surface area contributed by atoms with E-state index in [1.807, 2.05) is 12.1 Å². The Labute approximate surface area is 147 Å². The van der Waals surface area contributed by atoms with E-state index in [2.05, 4.69) is 15.0 Å². The van der Waals surface area contributed by atoms with Crippen molar-refractivity contribution in [3.05, 3.63) is 48.3 Å². The lowest BCUT2D eigenvalue weighted by molar-refractivity contribution is -0.274. The molecule has 2 aromatic heterocycles. The predicted molar refractivity (Wildman–Crippen MR) is 90.0 cm³/mol. The summed E-state index contributed by atoms with van der Waals surface area (Å²) in [6.07, 6.45) is -1.09. The molecule has 1 saturated heterocycles. The molecule has 0 unspecified atom stereocenters. The first kappa shape index (κ1) is 16.8. The normalized spacial score (nSPS) is 16.1. The number of ether oxygens (including phenoxy) is 1. The molecule has 0 atom stereocenters. The van der Waals surface area contributed by atoms with E-state index >= 15 is 0 Å². The Kier molecular flexibility index (Phi) is 4.28. The van der Waals surface area contributed by atoms with Gasteiger partial charge in [0.05, 0.1) is 17.6 Å². The molecule has 5 nitrogen and oxygen atoms in total. The molecule has 4 rings (SSSR count). The molecular formula is C18H17F3N4O.